The highest BCUT2D eigenvalue weighted by Crippen LogP contribution is 2.30. The molecule has 0 bridgehead atoms. The lowest BCUT2D eigenvalue weighted by molar-refractivity contribution is -0.130. The van der Waals surface area contributed by atoms with E-state index in [-0.39, 0.29) is 29.7 Å². The molecule has 1 heterocycles. The molecule has 0 unspecified atom stereocenters. The smallest absolute Gasteiger partial charge is 0.363 e. The Morgan fingerprint density at radius 1 is 1.17 bits per heavy atom. The Labute approximate surface area is 171 Å². The first-order valence-electron chi connectivity index (χ1n) is 8.96. The molecule has 0 atom stereocenters. The van der Waals surface area contributed by atoms with Crippen molar-refractivity contribution in [1.29, 1.82) is 0 Å². The second-order valence-corrected chi connectivity index (χ2v) is 6.12. The number of hydrogen-bond donors (Lipinski definition) is 1. The third-order valence-electron chi connectivity index (χ3n) is 4.01. The van der Waals surface area contributed by atoms with Gasteiger partial charge in [-0.3, -0.25) is 4.79 Å². The van der Waals surface area contributed by atoms with E-state index in [9.17, 15) is 18.4 Å². The molecule has 0 radical (unpaired) electrons. The third kappa shape index (κ3) is 4.80. The van der Waals surface area contributed by atoms with E-state index in [1.807, 2.05) is 0 Å². The molecule has 30 heavy (non-hydrogen) atoms. The molecule has 0 fully saturated rings. The van der Waals surface area contributed by atoms with E-state index < -0.39 is 17.6 Å². The van der Waals surface area contributed by atoms with Crippen molar-refractivity contribution in [3.63, 3.8) is 0 Å². The van der Waals surface area contributed by atoms with Crippen molar-refractivity contribution in [2.45, 2.75) is 6.92 Å². The van der Waals surface area contributed by atoms with Gasteiger partial charge in [-0.25, -0.2) is 18.6 Å². The Morgan fingerprint density at radius 3 is 2.67 bits per heavy atom. The molecule has 7 nitrogen and oxygen atoms in total. The van der Waals surface area contributed by atoms with Crippen LogP contribution in [-0.2, 0) is 14.3 Å². The largest absolute Gasteiger partial charge is 0.493 e. The molecule has 2 aromatic carbocycles. The summed E-state index contributed by atoms with van der Waals surface area (Å²) in [5.41, 5.74) is 0.671. The molecule has 3 rings (SSSR count). The number of ether oxygens (including phenoxy) is 3. The lowest BCUT2D eigenvalue weighted by Gasteiger charge is -2.11. The Hall–Kier alpha value is -3.75. The van der Waals surface area contributed by atoms with E-state index in [1.165, 1.54) is 19.3 Å². The lowest BCUT2D eigenvalue weighted by Crippen LogP contribution is -2.28. The predicted octanol–water partition coefficient (Wildman–Crippen LogP) is 2.83. The molecule has 0 saturated heterocycles. The maximum absolute atomic E-state index is 13.4. The van der Waals surface area contributed by atoms with Crippen LogP contribution in [0.3, 0.4) is 0 Å². The maximum atomic E-state index is 13.4. The van der Waals surface area contributed by atoms with E-state index >= 15 is 0 Å². The zero-order chi connectivity index (χ0) is 21.7. The summed E-state index contributed by atoms with van der Waals surface area (Å²) in [6, 6.07) is 7.91. The van der Waals surface area contributed by atoms with Gasteiger partial charge in [0.2, 0.25) is 5.90 Å². The fourth-order valence-corrected chi connectivity index (χ4v) is 2.60. The highest BCUT2D eigenvalue weighted by molar-refractivity contribution is 6.12. The summed E-state index contributed by atoms with van der Waals surface area (Å²) in [5.74, 6) is -2.50. The SMILES string of the molecule is CCNC(=O)COc1ccc(C=C2N=C(c3ccc(F)c(F)c3)OC2=O)cc1OC. The number of halogens is 2. The van der Waals surface area contributed by atoms with Crippen LogP contribution in [0.1, 0.15) is 18.1 Å². The van der Waals surface area contributed by atoms with Gasteiger partial charge in [0.15, 0.2) is 35.4 Å². The van der Waals surface area contributed by atoms with E-state index in [0.29, 0.717) is 23.6 Å². The number of nitrogens with zero attached hydrogens (tertiary/aromatic N) is 1. The van der Waals surface area contributed by atoms with Crippen molar-refractivity contribution in [2.75, 3.05) is 20.3 Å². The van der Waals surface area contributed by atoms with Crippen molar-refractivity contribution in [3.05, 3.63) is 64.9 Å². The van der Waals surface area contributed by atoms with Crippen LogP contribution in [0.4, 0.5) is 8.78 Å². The normalized spacial score (nSPS) is 14.3. The zero-order valence-electron chi connectivity index (χ0n) is 16.2. The average molecular weight is 416 g/mol. The van der Waals surface area contributed by atoms with Gasteiger partial charge < -0.3 is 19.5 Å². The van der Waals surface area contributed by atoms with Gasteiger partial charge in [0.1, 0.15) is 0 Å². The molecule has 0 aliphatic carbocycles. The number of hydrogen-bond acceptors (Lipinski definition) is 6. The summed E-state index contributed by atoms with van der Waals surface area (Å²) in [7, 11) is 1.44. The molecule has 1 amide bonds. The highest BCUT2D eigenvalue weighted by atomic mass is 19.2. The summed E-state index contributed by atoms with van der Waals surface area (Å²) in [5, 5.41) is 2.62. The van der Waals surface area contributed by atoms with Crippen LogP contribution >= 0.6 is 0 Å². The number of rotatable bonds is 7. The summed E-state index contributed by atoms with van der Waals surface area (Å²) in [4.78, 5) is 27.7. The minimum Gasteiger partial charge on any atom is -0.493 e. The minimum absolute atomic E-state index is 0.0206. The van der Waals surface area contributed by atoms with E-state index in [0.717, 1.165) is 12.1 Å². The molecule has 1 aliphatic rings. The number of esters is 1. The van der Waals surface area contributed by atoms with Crippen molar-refractivity contribution in [3.8, 4) is 11.5 Å². The van der Waals surface area contributed by atoms with Crippen molar-refractivity contribution < 1.29 is 32.6 Å². The van der Waals surface area contributed by atoms with Gasteiger partial charge in [-0.15, -0.1) is 0 Å². The number of methoxy groups -OCH3 is 1. The molecule has 156 valence electrons. The van der Waals surface area contributed by atoms with Crippen LogP contribution in [0.5, 0.6) is 11.5 Å². The number of likely N-dealkylation sites (N-methyl/N-ethyl adjacent to an activating group) is 1. The quantitative estimate of drug-likeness (QED) is 0.554. The topological polar surface area (TPSA) is 86.2 Å². The number of carbonyl (C=O) groups is 2. The molecule has 1 N–H and O–H groups in total. The van der Waals surface area contributed by atoms with Gasteiger partial charge in [-0.2, -0.15) is 0 Å². The molecule has 1 aliphatic heterocycles. The molecule has 0 spiro atoms. The number of aliphatic imine (C=N–C) groups is 1. The van der Waals surface area contributed by atoms with Gasteiger partial charge in [0, 0.05) is 12.1 Å². The van der Waals surface area contributed by atoms with Gasteiger partial charge in [0.25, 0.3) is 5.91 Å². The lowest BCUT2D eigenvalue weighted by atomic mass is 10.1. The fourth-order valence-electron chi connectivity index (χ4n) is 2.60. The van der Waals surface area contributed by atoms with Gasteiger partial charge >= 0.3 is 5.97 Å². The standard InChI is InChI=1S/C21H18F2N2O5/c1-3-24-19(26)11-29-17-7-4-12(9-18(17)28-2)8-16-21(27)30-20(25-16)13-5-6-14(22)15(23)10-13/h4-10H,3,11H2,1-2H3,(H,24,26). The number of nitrogens with one attached hydrogen (secondary N) is 1. The Balaban J connectivity index is 1.81. The van der Waals surface area contributed by atoms with Crippen LogP contribution in [-0.4, -0.2) is 38.0 Å². The molecular weight excluding hydrogens is 398 g/mol. The number of cyclic esters (lactones) is 1. The molecule has 0 aromatic heterocycles. The Bertz CT molecular complexity index is 1050. The third-order valence-corrected chi connectivity index (χ3v) is 4.01. The second-order valence-electron chi connectivity index (χ2n) is 6.12. The average Bonchev–Trinajstić information content (AvgIpc) is 3.09. The Kier molecular flexibility index (Phi) is 6.41. The monoisotopic (exact) mass is 416 g/mol. The first-order valence-corrected chi connectivity index (χ1v) is 8.96. The summed E-state index contributed by atoms with van der Waals surface area (Å²) < 4.78 is 42.3. The van der Waals surface area contributed by atoms with Crippen molar-refractivity contribution >= 4 is 23.9 Å². The fraction of sp³-hybridized carbons (Fsp3) is 0.190. The summed E-state index contributed by atoms with van der Waals surface area (Å²) >= 11 is 0. The van der Waals surface area contributed by atoms with Gasteiger partial charge in [-0.05, 0) is 48.9 Å². The second kappa shape index (κ2) is 9.17. The van der Waals surface area contributed by atoms with Gasteiger partial charge in [0.05, 0.1) is 7.11 Å². The van der Waals surface area contributed by atoms with Crippen LogP contribution in [0, 0.1) is 11.6 Å². The van der Waals surface area contributed by atoms with Crippen molar-refractivity contribution in [2.24, 2.45) is 4.99 Å². The molecule has 2 aromatic rings. The predicted molar refractivity (Wildman–Crippen MR) is 104 cm³/mol. The Morgan fingerprint density at radius 2 is 1.97 bits per heavy atom. The molecular formula is C21H18F2N2O5. The number of amides is 1. The minimum atomic E-state index is -1.07. The van der Waals surface area contributed by atoms with Crippen LogP contribution in [0.15, 0.2) is 47.1 Å². The summed E-state index contributed by atoms with van der Waals surface area (Å²) in [6.45, 7) is 2.13. The van der Waals surface area contributed by atoms with Crippen molar-refractivity contribution in [1.82, 2.24) is 5.32 Å². The highest BCUT2D eigenvalue weighted by Gasteiger charge is 2.25. The molecule has 0 saturated carbocycles. The van der Waals surface area contributed by atoms with Crippen LogP contribution in [0.2, 0.25) is 0 Å². The molecule has 9 heteroatoms. The van der Waals surface area contributed by atoms with Crippen LogP contribution in [0.25, 0.3) is 6.08 Å². The number of benzene rings is 2. The zero-order valence-corrected chi connectivity index (χ0v) is 16.2. The first-order chi connectivity index (χ1) is 14.4. The summed E-state index contributed by atoms with van der Waals surface area (Å²) in [6.07, 6.45) is 1.45. The van der Waals surface area contributed by atoms with E-state index in [4.69, 9.17) is 14.2 Å². The van der Waals surface area contributed by atoms with E-state index in [2.05, 4.69) is 10.3 Å². The van der Waals surface area contributed by atoms with Crippen LogP contribution < -0.4 is 14.8 Å². The first kappa shape index (κ1) is 21.0. The number of carbonyl (C=O) groups excluding carboxylic acids is 2. The maximum Gasteiger partial charge on any atom is 0.363 e. The van der Waals surface area contributed by atoms with Gasteiger partial charge in [-0.1, -0.05) is 6.07 Å². The van der Waals surface area contributed by atoms with E-state index in [1.54, 1.807) is 25.1 Å².